The molecule has 1 aliphatic carbocycles. The maximum absolute atomic E-state index is 4.57. The highest BCUT2D eigenvalue weighted by Gasteiger charge is 2.30. The van der Waals surface area contributed by atoms with Crippen molar-refractivity contribution in [1.82, 2.24) is 19.6 Å². The number of hydrogen-bond donors (Lipinski definition) is 0. The van der Waals surface area contributed by atoms with Crippen LogP contribution < -0.4 is 0 Å². The molecule has 0 bridgehead atoms. The van der Waals surface area contributed by atoms with Crippen LogP contribution in [0.4, 0.5) is 0 Å². The smallest absolute Gasteiger partial charge is 0.0662 e. The van der Waals surface area contributed by atoms with Crippen LogP contribution in [0.2, 0.25) is 0 Å². The molecule has 1 atom stereocenters. The van der Waals surface area contributed by atoms with Crippen LogP contribution in [0.5, 0.6) is 0 Å². The lowest BCUT2D eigenvalue weighted by Crippen LogP contribution is -2.40. The third-order valence-electron chi connectivity index (χ3n) is 4.84. The summed E-state index contributed by atoms with van der Waals surface area (Å²) >= 11 is 0. The van der Waals surface area contributed by atoms with Gasteiger partial charge >= 0.3 is 0 Å². The zero-order valence-corrected chi connectivity index (χ0v) is 13.0. The molecule has 2 heterocycles. The van der Waals surface area contributed by atoms with Crippen molar-refractivity contribution in [3.63, 3.8) is 0 Å². The van der Waals surface area contributed by atoms with E-state index >= 15 is 0 Å². The molecule has 0 amide bonds. The largest absolute Gasteiger partial charge is 0.304 e. The molecule has 3 rings (SSSR count). The third kappa shape index (κ3) is 3.23. The van der Waals surface area contributed by atoms with E-state index in [2.05, 4.69) is 39.5 Å². The second kappa shape index (κ2) is 6.27. The van der Waals surface area contributed by atoms with E-state index in [-0.39, 0.29) is 0 Å². The Morgan fingerprint density at radius 3 is 2.80 bits per heavy atom. The highest BCUT2D eigenvalue weighted by Crippen LogP contribution is 2.32. The van der Waals surface area contributed by atoms with Gasteiger partial charge in [-0.3, -0.25) is 9.58 Å². The standard InChI is InChI=1S/C16H28N4/c1-3-18(4-2)10-8-16-13-19(11-14-5-6-14)12-15-7-9-17-20(15)16/h7,9,14,16H,3-6,8,10-13H2,1-2H3/t16-/m1/s1. The fourth-order valence-electron chi connectivity index (χ4n) is 3.35. The number of hydrogen-bond acceptors (Lipinski definition) is 3. The summed E-state index contributed by atoms with van der Waals surface area (Å²) in [6.07, 6.45) is 6.08. The van der Waals surface area contributed by atoms with Crippen LogP contribution in [0.15, 0.2) is 12.3 Å². The van der Waals surface area contributed by atoms with Gasteiger partial charge in [0.1, 0.15) is 0 Å². The molecule has 112 valence electrons. The van der Waals surface area contributed by atoms with E-state index in [1.165, 1.54) is 44.6 Å². The molecule has 0 radical (unpaired) electrons. The summed E-state index contributed by atoms with van der Waals surface area (Å²) in [6, 6.07) is 2.76. The van der Waals surface area contributed by atoms with Gasteiger partial charge in [-0.1, -0.05) is 13.8 Å². The van der Waals surface area contributed by atoms with Crippen molar-refractivity contribution in [1.29, 1.82) is 0 Å². The Labute approximate surface area is 122 Å². The van der Waals surface area contributed by atoms with Crippen LogP contribution >= 0.6 is 0 Å². The van der Waals surface area contributed by atoms with Gasteiger partial charge in [0.05, 0.1) is 11.7 Å². The summed E-state index contributed by atoms with van der Waals surface area (Å²) in [7, 11) is 0. The van der Waals surface area contributed by atoms with Gasteiger partial charge < -0.3 is 4.90 Å². The Morgan fingerprint density at radius 1 is 1.30 bits per heavy atom. The molecular formula is C16H28N4. The van der Waals surface area contributed by atoms with Gasteiger partial charge in [-0.2, -0.15) is 5.10 Å². The van der Waals surface area contributed by atoms with E-state index in [1.54, 1.807) is 0 Å². The number of aromatic nitrogens is 2. The van der Waals surface area contributed by atoms with Crippen molar-refractivity contribution in [3.8, 4) is 0 Å². The molecule has 0 spiro atoms. The molecule has 1 aromatic heterocycles. The molecule has 2 aliphatic rings. The minimum Gasteiger partial charge on any atom is -0.304 e. The maximum Gasteiger partial charge on any atom is 0.0662 e. The minimum atomic E-state index is 0.563. The SMILES string of the molecule is CCN(CC)CC[C@@H]1CN(CC2CC2)Cc2ccnn21. The summed E-state index contributed by atoms with van der Waals surface area (Å²) in [4.78, 5) is 5.17. The summed E-state index contributed by atoms with van der Waals surface area (Å²) < 4.78 is 2.28. The molecule has 4 heteroatoms. The summed E-state index contributed by atoms with van der Waals surface area (Å²) in [5, 5.41) is 4.57. The van der Waals surface area contributed by atoms with E-state index < -0.39 is 0 Å². The number of nitrogens with zero attached hydrogens (tertiary/aromatic N) is 4. The zero-order chi connectivity index (χ0) is 13.9. The Balaban J connectivity index is 1.62. The highest BCUT2D eigenvalue weighted by atomic mass is 15.4. The Kier molecular flexibility index (Phi) is 4.41. The zero-order valence-electron chi connectivity index (χ0n) is 13.0. The van der Waals surface area contributed by atoms with Crippen molar-refractivity contribution in [2.45, 2.75) is 45.7 Å². The second-order valence-corrected chi connectivity index (χ2v) is 6.37. The number of fused-ring (bicyclic) bond motifs is 1. The van der Waals surface area contributed by atoms with Crippen molar-refractivity contribution in [3.05, 3.63) is 18.0 Å². The van der Waals surface area contributed by atoms with Crippen molar-refractivity contribution in [2.24, 2.45) is 5.92 Å². The van der Waals surface area contributed by atoms with Crippen LogP contribution in [-0.4, -0.2) is 52.3 Å². The van der Waals surface area contributed by atoms with Gasteiger partial charge in [-0.05, 0) is 44.3 Å². The molecule has 0 saturated heterocycles. The molecule has 20 heavy (non-hydrogen) atoms. The fourth-order valence-corrected chi connectivity index (χ4v) is 3.35. The lowest BCUT2D eigenvalue weighted by Gasteiger charge is -2.35. The topological polar surface area (TPSA) is 24.3 Å². The second-order valence-electron chi connectivity index (χ2n) is 6.37. The fraction of sp³-hybridized carbons (Fsp3) is 0.812. The first-order valence-corrected chi connectivity index (χ1v) is 8.27. The summed E-state index contributed by atoms with van der Waals surface area (Å²) in [5.41, 5.74) is 1.40. The van der Waals surface area contributed by atoms with Crippen LogP contribution in [-0.2, 0) is 6.54 Å². The molecule has 0 aromatic carbocycles. The predicted molar refractivity (Wildman–Crippen MR) is 81.7 cm³/mol. The van der Waals surface area contributed by atoms with E-state index in [9.17, 15) is 0 Å². The van der Waals surface area contributed by atoms with E-state index in [0.717, 1.165) is 25.6 Å². The lowest BCUT2D eigenvalue weighted by molar-refractivity contribution is 0.151. The lowest BCUT2D eigenvalue weighted by atomic mass is 10.1. The van der Waals surface area contributed by atoms with Gasteiger partial charge in [0, 0.05) is 32.4 Å². The molecular weight excluding hydrogens is 248 g/mol. The summed E-state index contributed by atoms with van der Waals surface area (Å²) in [5.74, 6) is 0.980. The van der Waals surface area contributed by atoms with Gasteiger partial charge in [0.25, 0.3) is 0 Å². The van der Waals surface area contributed by atoms with E-state index in [4.69, 9.17) is 0 Å². The Bertz CT molecular complexity index is 420. The molecule has 4 nitrogen and oxygen atoms in total. The quantitative estimate of drug-likeness (QED) is 0.764. The highest BCUT2D eigenvalue weighted by molar-refractivity contribution is 5.05. The van der Waals surface area contributed by atoms with Crippen molar-refractivity contribution in [2.75, 3.05) is 32.7 Å². The molecule has 1 aromatic rings. The molecule has 1 saturated carbocycles. The molecule has 1 fully saturated rings. The van der Waals surface area contributed by atoms with E-state index in [0.29, 0.717) is 6.04 Å². The Hall–Kier alpha value is -0.870. The summed E-state index contributed by atoms with van der Waals surface area (Å²) in [6.45, 7) is 11.6. The van der Waals surface area contributed by atoms with Crippen molar-refractivity contribution >= 4 is 0 Å². The predicted octanol–water partition coefficient (Wildman–Crippen LogP) is 2.38. The van der Waals surface area contributed by atoms with Crippen LogP contribution in [0.1, 0.15) is 44.8 Å². The van der Waals surface area contributed by atoms with Gasteiger partial charge in [0.15, 0.2) is 0 Å². The average molecular weight is 276 g/mol. The number of rotatable bonds is 7. The van der Waals surface area contributed by atoms with Crippen LogP contribution in [0.3, 0.4) is 0 Å². The normalized spacial score (nSPS) is 23.2. The average Bonchev–Trinajstić information content (AvgIpc) is 3.14. The van der Waals surface area contributed by atoms with Crippen LogP contribution in [0.25, 0.3) is 0 Å². The molecule has 0 N–H and O–H groups in total. The molecule has 0 unspecified atom stereocenters. The van der Waals surface area contributed by atoms with Gasteiger partial charge in [-0.25, -0.2) is 0 Å². The third-order valence-corrected chi connectivity index (χ3v) is 4.84. The molecule has 1 aliphatic heterocycles. The van der Waals surface area contributed by atoms with Gasteiger partial charge in [0.2, 0.25) is 0 Å². The first-order valence-electron chi connectivity index (χ1n) is 8.27. The maximum atomic E-state index is 4.57. The first-order chi connectivity index (χ1) is 9.80. The van der Waals surface area contributed by atoms with Crippen molar-refractivity contribution < 1.29 is 0 Å². The first kappa shape index (κ1) is 14.1. The van der Waals surface area contributed by atoms with E-state index in [1.807, 2.05) is 6.20 Å². The monoisotopic (exact) mass is 276 g/mol. The van der Waals surface area contributed by atoms with Gasteiger partial charge in [-0.15, -0.1) is 0 Å². The van der Waals surface area contributed by atoms with Crippen LogP contribution in [0, 0.1) is 5.92 Å². The minimum absolute atomic E-state index is 0.563. The Morgan fingerprint density at radius 2 is 2.10 bits per heavy atom.